The first-order valence-corrected chi connectivity index (χ1v) is 21.9. The van der Waals surface area contributed by atoms with E-state index in [1.807, 2.05) is 57.6 Å². The van der Waals surface area contributed by atoms with Gasteiger partial charge in [-0.05, 0) is 57.8 Å². The molecule has 8 nitrogen and oxygen atoms in total. The molecule has 0 bridgehead atoms. The van der Waals surface area contributed by atoms with E-state index >= 15 is 0 Å². The molecule has 2 atom stereocenters. The Balaban J connectivity index is 4.40. The van der Waals surface area contributed by atoms with Crippen LogP contribution in [0.3, 0.4) is 0 Å². The van der Waals surface area contributed by atoms with Gasteiger partial charge in [-0.3, -0.25) is 9.59 Å². The summed E-state index contributed by atoms with van der Waals surface area (Å²) in [6.45, 7) is 4.54. The zero-order valence-corrected chi connectivity index (χ0v) is 35.9. The van der Waals surface area contributed by atoms with Crippen LogP contribution >= 0.6 is 0 Å². The van der Waals surface area contributed by atoms with Gasteiger partial charge in [-0.25, -0.2) is 4.79 Å². The maximum absolute atomic E-state index is 12.7. The number of carbonyl (C=O) groups is 3. The highest BCUT2D eigenvalue weighted by atomic mass is 16.6. The molecule has 0 heterocycles. The summed E-state index contributed by atoms with van der Waals surface area (Å²) in [5.41, 5.74) is 0. The lowest BCUT2D eigenvalue weighted by Gasteiger charge is -2.31. The van der Waals surface area contributed by atoms with E-state index in [1.54, 1.807) is 0 Å². The van der Waals surface area contributed by atoms with Crippen LogP contribution in [0.5, 0.6) is 0 Å². The van der Waals surface area contributed by atoms with Gasteiger partial charge in [-0.1, -0.05) is 152 Å². The van der Waals surface area contributed by atoms with Crippen molar-refractivity contribution in [3.05, 3.63) is 60.8 Å². The molecule has 0 aliphatic carbocycles. The molecule has 0 amide bonds. The van der Waals surface area contributed by atoms with Crippen LogP contribution in [-0.2, 0) is 28.6 Å². The lowest BCUT2D eigenvalue weighted by Crippen LogP contribution is -2.50. The third-order valence-electron chi connectivity index (χ3n) is 9.50. The van der Waals surface area contributed by atoms with Crippen molar-refractivity contribution in [2.45, 2.75) is 180 Å². The summed E-state index contributed by atoms with van der Waals surface area (Å²) < 4.78 is 17.2. The van der Waals surface area contributed by atoms with Crippen LogP contribution in [0.2, 0.25) is 0 Å². The van der Waals surface area contributed by atoms with E-state index in [4.69, 9.17) is 14.2 Å². The molecule has 0 aliphatic heterocycles. The van der Waals surface area contributed by atoms with Crippen LogP contribution in [0.4, 0.5) is 0 Å². The van der Waals surface area contributed by atoms with Crippen molar-refractivity contribution < 1.29 is 38.2 Å². The summed E-state index contributed by atoms with van der Waals surface area (Å²) in [4.78, 5) is 36.9. The molecular formula is C47H82NO7+. The fraction of sp³-hybridized carbons (Fsp3) is 0.723. The first-order chi connectivity index (χ1) is 26.6. The van der Waals surface area contributed by atoms with Gasteiger partial charge in [0, 0.05) is 19.3 Å². The molecule has 55 heavy (non-hydrogen) atoms. The van der Waals surface area contributed by atoms with Gasteiger partial charge in [-0.2, -0.15) is 0 Å². The Kier molecular flexibility index (Phi) is 35.9. The molecular weight excluding hydrogens is 691 g/mol. The highest BCUT2D eigenvalue weighted by Crippen LogP contribution is 2.14. The molecule has 316 valence electrons. The fourth-order valence-electron chi connectivity index (χ4n) is 6.10. The maximum atomic E-state index is 12.7. The van der Waals surface area contributed by atoms with E-state index in [9.17, 15) is 19.5 Å². The third-order valence-corrected chi connectivity index (χ3v) is 9.50. The Hall–Kier alpha value is -2.97. The van der Waals surface area contributed by atoms with E-state index in [-0.39, 0.29) is 36.2 Å². The van der Waals surface area contributed by atoms with Crippen molar-refractivity contribution in [2.75, 3.05) is 41.0 Å². The van der Waals surface area contributed by atoms with Gasteiger partial charge >= 0.3 is 17.9 Å². The van der Waals surface area contributed by atoms with Gasteiger partial charge in [0.15, 0.2) is 12.1 Å². The lowest BCUT2D eigenvalue weighted by molar-refractivity contribution is -0.887. The summed E-state index contributed by atoms with van der Waals surface area (Å²) in [5.74, 6) is -1.53. The van der Waals surface area contributed by atoms with Crippen LogP contribution in [0.15, 0.2) is 60.8 Å². The molecule has 0 radical (unpaired) electrons. The normalized spacial score (nSPS) is 13.5. The number of esters is 2. The number of quaternary nitrogens is 1. The molecule has 0 rings (SSSR count). The minimum atomic E-state index is -0.884. The molecule has 1 N–H and O–H groups in total. The molecule has 0 saturated carbocycles. The van der Waals surface area contributed by atoms with Crippen molar-refractivity contribution in [1.29, 1.82) is 0 Å². The van der Waals surface area contributed by atoms with E-state index in [0.717, 1.165) is 64.2 Å². The number of rotatable bonds is 38. The number of hydrogen-bond donors (Lipinski definition) is 1. The average molecular weight is 773 g/mol. The van der Waals surface area contributed by atoms with Gasteiger partial charge in [-0.15, -0.1) is 0 Å². The standard InChI is InChI=1S/C47H81NO7/c1-6-8-10-12-14-16-18-20-21-22-23-24-26-28-30-32-34-36-38-46(50)55-43(41-53-40-39-44(47(51)52)48(3,4)5)42-54-45(49)37-35-33-31-29-27-25-19-17-15-13-11-9-7-2/h9,11,13,15,17,19,23-25,27,43-44H,6-8,10,12,14,16,18,20-22,26,28-42H2,1-5H3/p+1/b11-9+,15-13+,19-17+,24-23+,27-25+. The number of carboxylic acids is 1. The summed E-state index contributed by atoms with van der Waals surface area (Å²) in [6.07, 6.45) is 45.5. The minimum absolute atomic E-state index is 0.0428. The van der Waals surface area contributed by atoms with Crippen LogP contribution < -0.4 is 0 Å². The second-order valence-corrected chi connectivity index (χ2v) is 15.7. The topological polar surface area (TPSA) is 99.1 Å². The first kappa shape index (κ1) is 52.0. The van der Waals surface area contributed by atoms with Crippen molar-refractivity contribution in [3.63, 3.8) is 0 Å². The van der Waals surface area contributed by atoms with Crippen LogP contribution in [-0.4, -0.2) is 80.6 Å². The van der Waals surface area contributed by atoms with Crippen molar-refractivity contribution >= 4 is 17.9 Å². The third kappa shape index (κ3) is 36.4. The summed E-state index contributed by atoms with van der Waals surface area (Å²) in [5, 5.41) is 9.61. The highest BCUT2D eigenvalue weighted by Gasteiger charge is 2.31. The van der Waals surface area contributed by atoms with Crippen LogP contribution in [0, 0.1) is 0 Å². The number of ether oxygens (including phenoxy) is 3. The molecule has 0 spiro atoms. The van der Waals surface area contributed by atoms with Gasteiger partial charge in [0.25, 0.3) is 0 Å². The number of allylic oxidation sites excluding steroid dienone is 10. The molecule has 0 fully saturated rings. The van der Waals surface area contributed by atoms with E-state index in [1.165, 1.54) is 70.6 Å². The number of carbonyl (C=O) groups excluding carboxylic acids is 2. The lowest BCUT2D eigenvalue weighted by atomic mass is 10.1. The van der Waals surface area contributed by atoms with E-state index < -0.39 is 18.1 Å². The Bertz CT molecular complexity index is 1090. The zero-order chi connectivity index (χ0) is 40.7. The SMILES string of the molecule is CC/C=C/C=C/C=C/C=C/CCCCCC(=O)OCC(COCCC(C(=O)O)[N+](C)(C)C)OC(=O)CCCCCCC/C=C/CCCCCCCCCCC. The average Bonchev–Trinajstić information content (AvgIpc) is 3.14. The monoisotopic (exact) mass is 773 g/mol. The molecule has 0 aliphatic rings. The van der Waals surface area contributed by atoms with Crippen LogP contribution in [0.1, 0.15) is 168 Å². The molecule has 8 heteroatoms. The quantitative estimate of drug-likeness (QED) is 0.0219. The predicted octanol–water partition coefficient (Wildman–Crippen LogP) is 11.8. The number of nitrogens with zero attached hydrogens (tertiary/aromatic N) is 1. The Morgan fingerprint density at radius 2 is 1.04 bits per heavy atom. The number of carboxylic acid groups (broad SMARTS) is 1. The highest BCUT2D eigenvalue weighted by molar-refractivity contribution is 5.72. The van der Waals surface area contributed by atoms with Gasteiger partial charge in [0.2, 0.25) is 0 Å². The van der Waals surface area contributed by atoms with Crippen molar-refractivity contribution in [2.24, 2.45) is 0 Å². The van der Waals surface area contributed by atoms with Gasteiger partial charge in [0.05, 0.1) is 34.4 Å². The molecule has 0 aromatic carbocycles. The fourth-order valence-corrected chi connectivity index (χ4v) is 6.10. The molecule has 2 unspecified atom stereocenters. The first-order valence-electron chi connectivity index (χ1n) is 21.9. The number of likely N-dealkylation sites (N-methyl/N-ethyl adjacent to an activating group) is 1. The summed E-state index contributed by atoms with van der Waals surface area (Å²) in [6, 6.07) is -0.624. The Morgan fingerprint density at radius 3 is 1.58 bits per heavy atom. The van der Waals surface area contributed by atoms with E-state index in [2.05, 4.69) is 38.2 Å². The molecule has 0 aromatic rings. The number of aliphatic carboxylic acids is 1. The zero-order valence-electron chi connectivity index (χ0n) is 35.9. The molecule has 0 saturated heterocycles. The minimum Gasteiger partial charge on any atom is -0.477 e. The smallest absolute Gasteiger partial charge is 0.362 e. The Labute approximate surface area is 337 Å². The second-order valence-electron chi connectivity index (χ2n) is 15.7. The summed E-state index contributed by atoms with van der Waals surface area (Å²) >= 11 is 0. The van der Waals surface area contributed by atoms with Crippen LogP contribution in [0.25, 0.3) is 0 Å². The Morgan fingerprint density at radius 1 is 0.564 bits per heavy atom. The van der Waals surface area contributed by atoms with Crippen molar-refractivity contribution in [1.82, 2.24) is 0 Å². The number of hydrogen-bond acceptors (Lipinski definition) is 6. The largest absolute Gasteiger partial charge is 0.477 e. The van der Waals surface area contributed by atoms with Gasteiger partial charge in [0.1, 0.15) is 6.61 Å². The van der Waals surface area contributed by atoms with Crippen molar-refractivity contribution in [3.8, 4) is 0 Å². The maximum Gasteiger partial charge on any atom is 0.362 e. The second kappa shape index (κ2) is 37.9. The predicted molar refractivity (Wildman–Crippen MR) is 229 cm³/mol. The molecule has 0 aromatic heterocycles. The van der Waals surface area contributed by atoms with Gasteiger partial charge < -0.3 is 23.8 Å². The van der Waals surface area contributed by atoms with E-state index in [0.29, 0.717) is 19.3 Å². The number of unbranched alkanes of at least 4 members (excludes halogenated alkanes) is 17. The summed E-state index contributed by atoms with van der Waals surface area (Å²) in [7, 11) is 5.50.